The van der Waals surface area contributed by atoms with Crippen LogP contribution in [-0.4, -0.2) is 59.7 Å². The van der Waals surface area contributed by atoms with Crippen molar-refractivity contribution in [3.05, 3.63) is 83.9 Å². The van der Waals surface area contributed by atoms with Gasteiger partial charge in [0, 0.05) is 0 Å². The van der Waals surface area contributed by atoms with Crippen LogP contribution in [0.2, 0.25) is 0 Å². The molecule has 2 aromatic rings. The zero-order chi connectivity index (χ0) is 27.4. The maximum absolute atomic E-state index is 13.5. The summed E-state index contributed by atoms with van der Waals surface area (Å²) in [6.45, 7) is 1.82. The maximum atomic E-state index is 13.5. The van der Waals surface area contributed by atoms with E-state index in [0.29, 0.717) is 13.2 Å². The lowest BCUT2D eigenvalue weighted by atomic mass is 9.40. The Labute approximate surface area is 232 Å². The molecule has 2 saturated heterocycles. The van der Waals surface area contributed by atoms with E-state index in [-0.39, 0.29) is 73.6 Å². The van der Waals surface area contributed by atoms with Gasteiger partial charge in [-0.05, 0) is 34.8 Å². The first-order valence-electron chi connectivity index (χ1n) is 14.2. The minimum absolute atomic E-state index is 0.0704. The summed E-state index contributed by atoms with van der Waals surface area (Å²) in [5.74, 6) is -2.89. The van der Waals surface area contributed by atoms with Gasteiger partial charge in [-0.1, -0.05) is 72.8 Å². The third kappa shape index (κ3) is 3.88. The molecule has 2 heterocycles. The molecule has 2 saturated carbocycles. The van der Waals surface area contributed by atoms with Crippen molar-refractivity contribution in [1.82, 2.24) is 9.80 Å². The highest BCUT2D eigenvalue weighted by molar-refractivity contribution is 6.09. The average Bonchev–Trinajstić information content (AvgIpc) is 3.34. The van der Waals surface area contributed by atoms with E-state index < -0.39 is 23.7 Å². The molecule has 0 spiro atoms. The Morgan fingerprint density at radius 2 is 0.900 bits per heavy atom. The number of allylic oxidation sites excluding steroid dienone is 2. The Morgan fingerprint density at radius 3 is 1.30 bits per heavy atom. The van der Waals surface area contributed by atoms with Crippen LogP contribution < -0.4 is 0 Å². The number of rotatable bonds is 10. The van der Waals surface area contributed by atoms with Gasteiger partial charge in [0.15, 0.2) is 0 Å². The Morgan fingerprint density at radius 1 is 0.525 bits per heavy atom. The quantitative estimate of drug-likeness (QED) is 0.261. The van der Waals surface area contributed by atoms with Gasteiger partial charge in [0.1, 0.15) is 0 Å². The molecule has 2 aromatic carbocycles. The smallest absolute Gasteiger partial charge is 0.233 e. The molecular formula is C32H32N2O6. The molecule has 8 nitrogen and oxygen atoms in total. The van der Waals surface area contributed by atoms with Crippen LogP contribution in [0.5, 0.6) is 0 Å². The van der Waals surface area contributed by atoms with E-state index in [2.05, 4.69) is 0 Å². The van der Waals surface area contributed by atoms with E-state index in [9.17, 15) is 19.2 Å². The molecule has 2 bridgehead atoms. The molecule has 0 unspecified atom stereocenters. The first kappa shape index (κ1) is 25.4. The van der Waals surface area contributed by atoms with Crippen molar-refractivity contribution in [3.63, 3.8) is 0 Å². The number of hydrogen-bond acceptors (Lipinski definition) is 6. The second-order valence-corrected chi connectivity index (χ2v) is 11.5. The third-order valence-corrected chi connectivity index (χ3v) is 9.67. The molecule has 4 aliphatic carbocycles. The second-order valence-electron chi connectivity index (χ2n) is 11.5. The van der Waals surface area contributed by atoms with Crippen LogP contribution in [0.3, 0.4) is 0 Å². The molecule has 6 aliphatic rings. The van der Waals surface area contributed by atoms with Gasteiger partial charge in [-0.15, -0.1) is 0 Å². The van der Waals surface area contributed by atoms with Gasteiger partial charge in [-0.25, -0.2) is 0 Å². The van der Waals surface area contributed by atoms with Gasteiger partial charge in [0.05, 0.1) is 63.2 Å². The van der Waals surface area contributed by atoms with Crippen LogP contribution in [0.4, 0.5) is 0 Å². The molecule has 206 valence electrons. The largest absolute Gasteiger partial charge is 0.375 e. The van der Waals surface area contributed by atoms with E-state index in [0.717, 1.165) is 11.1 Å². The molecular weight excluding hydrogens is 508 g/mol. The molecule has 0 N–H and O–H groups in total. The minimum atomic E-state index is -0.454. The van der Waals surface area contributed by atoms with Crippen molar-refractivity contribution in [3.8, 4) is 0 Å². The molecule has 40 heavy (non-hydrogen) atoms. The van der Waals surface area contributed by atoms with E-state index >= 15 is 0 Å². The SMILES string of the molecule is O=C1[C@H]2[C@@H]3C=C[C@@H]([C@@H]2C(=O)N1CCOCc1ccccc1)[C@H]1[C@H]2C(=O)N(CCOCc4ccccc4)C(=O)[C@@H]2[C@H]31. The standard InChI is InChI=1S/C32H32N2O6/c35-29-25-21-11-12-22(26(25)30(36)33(29)13-15-39-17-19-7-3-1-4-8-19)24-23(21)27-28(24)32(38)34(31(27)37)14-16-40-18-20-9-5-2-6-10-20/h1-12,21-28H,13-18H2/t21-,22-,23-,24-,25+,26+,27-,28-/m1/s1. The van der Waals surface area contributed by atoms with Crippen molar-refractivity contribution in [2.75, 3.05) is 26.3 Å². The molecule has 4 fully saturated rings. The summed E-state index contributed by atoms with van der Waals surface area (Å²) in [4.78, 5) is 56.6. The van der Waals surface area contributed by atoms with Crippen LogP contribution in [0.25, 0.3) is 0 Å². The Hall–Kier alpha value is -3.62. The zero-order valence-corrected chi connectivity index (χ0v) is 22.1. The normalized spacial score (nSPS) is 33.3. The molecule has 0 aromatic heterocycles. The Bertz CT molecular complexity index is 1300. The summed E-state index contributed by atoms with van der Waals surface area (Å²) >= 11 is 0. The number of hydrogen-bond donors (Lipinski definition) is 0. The number of benzene rings is 2. The highest BCUT2D eigenvalue weighted by Crippen LogP contribution is 2.68. The van der Waals surface area contributed by atoms with Crippen LogP contribution in [0.1, 0.15) is 11.1 Å². The first-order chi connectivity index (χ1) is 19.6. The maximum Gasteiger partial charge on any atom is 0.233 e. The van der Waals surface area contributed by atoms with Crippen molar-refractivity contribution >= 4 is 23.6 Å². The van der Waals surface area contributed by atoms with E-state index in [4.69, 9.17) is 9.47 Å². The van der Waals surface area contributed by atoms with E-state index in [1.54, 1.807) is 0 Å². The minimum Gasteiger partial charge on any atom is -0.375 e. The highest BCUT2D eigenvalue weighted by Gasteiger charge is 2.74. The van der Waals surface area contributed by atoms with Crippen molar-refractivity contribution < 1.29 is 28.7 Å². The molecule has 2 aliphatic heterocycles. The average molecular weight is 541 g/mol. The lowest BCUT2D eigenvalue weighted by molar-refractivity contribution is -0.166. The predicted octanol–water partition coefficient (Wildman–Crippen LogP) is 2.68. The summed E-state index contributed by atoms with van der Waals surface area (Å²) in [6.07, 6.45) is 4.07. The fourth-order valence-electron chi connectivity index (χ4n) is 8.01. The van der Waals surface area contributed by atoms with Crippen LogP contribution in [0, 0.1) is 47.3 Å². The van der Waals surface area contributed by atoms with E-state index in [1.165, 1.54) is 9.80 Å². The molecule has 8 rings (SSSR count). The highest BCUT2D eigenvalue weighted by atomic mass is 16.5. The van der Waals surface area contributed by atoms with Gasteiger partial charge in [0.2, 0.25) is 23.6 Å². The Balaban J connectivity index is 0.993. The summed E-state index contributed by atoms with van der Waals surface area (Å²) in [6, 6.07) is 19.5. The number of fused-ring (bicyclic) bond motifs is 1. The molecule has 8 atom stereocenters. The van der Waals surface area contributed by atoms with Gasteiger partial charge in [-0.3, -0.25) is 29.0 Å². The number of nitrogens with zero attached hydrogens (tertiary/aromatic N) is 2. The summed E-state index contributed by atoms with van der Waals surface area (Å²) in [5.41, 5.74) is 2.07. The zero-order valence-electron chi connectivity index (χ0n) is 22.1. The van der Waals surface area contributed by atoms with Crippen molar-refractivity contribution in [1.29, 1.82) is 0 Å². The number of carbonyl (C=O) groups excluding carboxylic acids is 4. The van der Waals surface area contributed by atoms with Gasteiger partial charge in [0.25, 0.3) is 0 Å². The fraction of sp³-hybridized carbons (Fsp3) is 0.438. The lowest BCUT2D eigenvalue weighted by Gasteiger charge is -2.60. The third-order valence-electron chi connectivity index (χ3n) is 9.67. The number of carbonyl (C=O) groups is 4. The molecule has 8 heteroatoms. The summed E-state index contributed by atoms with van der Waals surface area (Å²) in [5, 5.41) is 0. The second kappa shape index (κ2) is 10.1. The molecule has 0 radical (unpaired) electrons. The fourth-order valence-corrected chi connectivity index (χ4v) is 8.01. The summed E-state index contributed by atoms with van der Waals surface area (Å²) in [7, 11) is 0. The van der Waals surface area contributed by atoms with Crippen LogP contribution in [0.15, 0.2) is 72.8 Å². The molecule has 4 amide bonds. The number of amides is 4. The Kier molecular flexibility index (Phi) is 6.40. The lowest BCUT2D eigenvalue weighted by Crippen LogP contribution is -2.63. The van der Waals surface area contributed by atoms with Crippen molar-refractivity contribution in [2.24, 2.45) is 47.3 Å². The summed E-state index contributed by atoms with van der Waals surface area (Å²) < 4.78 is 11.5. The van der Waals surface area contributed by atoms with Crippen molar-refractivity contribution in [2.45, 2.75) is 13.2 Å². The predicted molar refractivity (Wildman–Crippen MR) is 143 cm³/mol. The van der Waals surface area contributed by atoms with Crippen LogP contribution in [-0.2, 0) is 41.9 Å². The first-order valence-corrected chi connectivity index (χ1v) is 14.2. The topological polar surface area (TPSA) is 93.2 Å². The van der Waals surface area contributed by atoms with Gasteiger partial charge in [-0.2, -0.15) is 0 Å². The van der Waals surface area contributed by atoms with E-state index in [1.807, 2.05) is 72.8 Å². The number of imide groups is 2. The van der Waals surface area contributed by atoms with Gasteiger partial charge >= 0.3 is 0 Å². The monoisotopic (exact) mass is 540 g/mol. The number of likely N-dealkylation sites (tertiary alicyclic amines) is 2. The van der Waals surface area contributed by atoms with Gasteiger partial charge < -0.3 is 9.47 Å². The number of ether oxygens (including phenoxy) is 2. The van der Waals surface area contributed by atoms with Crippen LogP contribution >= 0.6 is 0 Å².